The molecule has 8 heteroatoms. The third-order valence-electron chi connectivity index (χ3n) is 3.15. The first-order valence-corrected chi connectivity index (χ1v) is 9.32. The van der Waals surface area contributed by atoms with Crippen molar-refractivity contribution in [1.29, 1.82) is 0 Å². The lowest BCUT2D eigenvalue weighted by Crippen LogP contribution is -2.43. The van der Waals surface area contributed by atoms with Crippen LogP contribution in [0.25, 0.3) is 0 Å². The van der Waals surface area contributed by atoms with Crippen LogP contribution < -0.4 is 15.0 Å². The Hall–Kier alpha value is -1.90. The quantitative estimate of drug-likeness (QED) is 0.713. The maximum absolute atomic E-state index is 12.0. The van der Waals surface area contributed by atoms with Gasteiger partial charge in [0, 0.05) is 4.47 Å². The number of hydrogen-bond donors (Lipinski definition) is 2. The largest absolute Gasteiger partial charge is 0.483 e. The molecule has 0 bridgehead atoms. The maximum Gasteiger partial charge on any atom is 0.272 e. The van der Waals surface area contributed by atoms with Gasteiger partial charge in [0.25, 0.3) is 15.9 Å². The summed E-state index contributed by atoms with van der Waals surface area (Å²) in [4.78, 5) is 13.9. The SMILES string of the molecule is Cc1ccc(S(=O)(=O)NNC(=O)COc2ccc(Br)cc2C)cc1. The van der Waals surface area contributed by atoms with Crippen molar-refractivity contribution in [3.8, 4) is 5.75 Å². The number of carbonyl (C=O) groups excluding carboxylic acids is 1. The van der Waals surface area contributed by atoms with E-state index in [0.29, 0.717) is 5.75 Å². The second kappa shape index (κ2) is 7.78. The van der Waals surface area contributed by atoms with Crippen LogP contribution in [0.2, 0.25) is 0 Å². The first kappa shape index (κ1) is 18.4. The van der Waals surface area contributed by atoms with Gasteiger partial charge in [0.05, 0.1) is 4.90 Å². The van der Waals surface area contributed by atoms with E-state index in [9.17, 15) is 13.2 Å². The summed E-state index contributed by atoms with van der Waals surface area (Å²) >= 11 is 3.34. The first-order valence-electron chi connectivity index (χ1n) is 7.04. The summed E-state index contributed by atoms with van der Waals surface area (Å²) in [5.74, 6) is -0.0530. The number of nitrogens with one attached hydrogen (secondary N) is 2. The van der Waals surface area contributed by atoms with Gasteiger partial charge >= 0.3 is 0 Å². The highest BCUT2D eigenvalue weighted by atomic mass is 79.9. The highest BCUT2D eigenvalue weighted by Gasteiger charge is 2.15. The van der Waals surface area contributed by atoms with Crippen LogP contribution in [0.5, 0.6) is 5.75 Å². The lowest BCUT2D eigenvalue weighted by atomic mass is 10.2. The van der Waals surface area contributed by atoms with Crippen LogP contribution in [0.3, 0.4) is 0 Å². The van der Waals surface area contributed by atoms with Crippen LogP contribution in [-0.2, 0) is 14.8 Å². The Morgan fingerprint density at radius 3 is 2.42 bits per heavy atom. The van der Waals surface area contributed by atoms with Gasteiger partial charge in [-0.3, -0.25) is 10.2 Å². The van der Waals surface area contributed by atoms with Crippen molar-refractivity contribution in [3.63, 3.8) is 0 Å². The number of rotatable bonds is 6. The van der Waals surface area contributed by atoms with Crippen molar-refractivity contribution in [2.45, 2.75) is 18.7 Å². The second-order valence-corrected chi connectivity index (χ2v) is 7.76. The van der Waals surface area contributed by atoms with Gasteiger partial charge in [0.1, 0.15) is 5.75 Å². The van der Waals surface area contributed by atoms with Crippen molar-refractivity contribution in [1.82, 2.24) is 10.3 Å². The predicted molar refractivity (Wildman–Crippen MR) is 94.0 cm³/mol. The zero-order chi connectivity index (χ0) is 17.7. The average molecular weight is 413 g/mol. The summed E-state index contributed by atoms with van der Waals surface area (Å²) in [6.45, 7) is 3.39. The maximum atomic E-state index is 12.0. The summed E-state index contributed by atoms with van der Waals surface area (Å²) in [6, 6.07) is 11.7. The minimum absolute atomic E-state index is 0.0677. The fourth-order valence-electron chi connectivity index (χ4n) is 1.85. The number of aryl methyl sites for hydroxylation is 2. The topological polar surface area (TPSA) is 84.5 Å². The molecule has 0 unspecified atom stereocenters. The second-order valence-electron chi connectivity index (χ2n) is 5.17. The molecule has 0 spiro atoms. The van der Waals surface area contributed by atoms with Crippen molar-refractivity contribution in [2.24, 2.45) is 0 Å². The van der Waals surface area contributed by atoms with Gasteiger partial charge < -0.3 is 4.74 Å². The number of hydrogen-bond acceptors (Lipinski definition) is 4. The molecule has 0 heterocycles. The molecule has 0 radical (unpaired) electrons. The lowest BCUT2D eigenvalue weighted by Gasteiger charge is -2.11. The van der Waals surface area contributed by atoms with E-state index in [4.69, 9.17) is 4.74 Å². The predicted octanol–water partition coefficient (Wildman–Crippen LogP) is 2.45. The van der Waals surface area contributed by atoms with E-state index in [1.165, 1.54) is 12.1 Å². The molecule has 24 heavy (non-hydrogen) atoms. The van der Waals surface area contributed by atoms with Crippen molar-refractivity contribution in [2.75, 3.05) is 6.61 Å². The standard InChI is InChI=1S/C16H17BrN2O4S/c1-11-3-6-14(7-4-11)24(21,22)19-18-16(20)10-23-15-8-5-13(17)9-12(15)2/h3-9,19H,10H2,1-2H3,(H,18,20). The van der Waals surface area contributed by atoms with Gasteiger partial charge in [-0.05, 0) is 49.7 Å². The Labute approximate surface area is 149 Å². The number of benzene rings is 2. The molecule has 0 aliphatic carbocycles. The van der Waals surface area contributed by atoms with Crippen molar-refractivity contribution in [3.05, 3.63) is 58.1 Å². The Morgan fingerprint density at radius 1 is 1.12 bits per heavy atom. The number of sulfonamides is 1. The Kier molecular flexibility index (Phi) is 5.98. The molecule has 0 fully saturated rings. The van der Waals surface area contributed by atoms with Crippen LogP contribution in [0.1, 0.15) is 11.1 Å². The number of carbonyl (C=O) groups is 1. The number of halogens is 1. The fourth-order valence-corrected chi connectivity index (χ4v) is 3.19. The number of amides is 1. The molecule has 6 nitrogen and oxygen atoms in total. The van der Waals surface area contributed by atoms with Crippen LogP contribution in [0.4, 0.5) is 0 Å². The molecule has 128 valence electrons. The molecule has 0 saturated carbocycles. The summed E-state index contributed by atoms with van der Waals surface area (Å²) in [6.07, 6.45) is 0. The van der Waals surface area contributed by atoms with E-state index < -0.39 is 15.9 Å². The molecule has 2 rings (SSSR count). The Balaban J connectivity index is 1.89. The summed E-state index contributed by atoms with van der Waals surface area (Å²) in [7, 11) is -3.81. The minimum atomic E-state index is -3.81. The van der Waals surface area contributed by atoms with Crippen LogP contribution in [0.15, 0.2) is 51.8 Å². The van der Waals surface area contributed by atoms with E-state index in [0.717, 1.165) is 15.6 Å². The van der Waals surface area contributed by atoms with Crippen LogP contribution in [0, 0.1) is 13.8 Å². The molecule has 2 N–H and O–H groups in total. The molecular weight excluding hydrogens is 396 g/mol. The third kappa shape index (κ3) is 5.05. The van der Waals surface area contributed by atoms with Gasteiger partial charge in [-0.2, -0.15) is 0 Å². The van der Waals surface area contributed by atoms with Gasteiger partial charge in [-0.1, -0.05) is 33.6 Å². The smallest absolute Gasteiger partial charge is 0.272 e. The highest BCUT2D eigenvalue weighted by molar-refractivity contribution is 9.10. The summed E-state index contributed by atoms with van der Waals surface area (Å²) in [5, 5.41) is 0. The van der Waals surface area contributed by atoms with E-state index >= 15 is 0 Å². The molecular formula is C16H17BrN2O4S. The van der Waals surface area contributed by atoms with E-state index in [-0.39, 0.29) is 11.5 Å². The van der Waals surface area contributed by atoms with Gasteiger partial charge in [-0.25, -0.2) is 8.42 Å². The van der Waals surface area contributed by atoms with E-state index in [1.807, 2.05) is 24.7 Å². The third-order valence-corrected chi connectivity index (χ3v) is 4.91. The van der Waals surface area contributed by atoms with E-state index in [1.54, 1.807) is 24.3 Å². The molecule has 2 aromatic rings. The Morgan fingerprint density at radius 2 is 1.79 bits per heavy atom. The van der Waals surface area contributed by atoms with Crippen LogP contribution in [-0.4, -0.2) is 20.9 Å². The van der Waals surface area contributed by atoms with E-state index in [2.05, 4.69) is 21.4 Å². The average Bonchev–Trinajstić information content (AvgIpc) is 2.52. The summed E-state index contributed by atoms with van der Waals surface area (Å²) < 4.78 is 30.4. The molecule has 0 aliphatic rings. The number of ether oxygens (including phenoxy) is 1. The zero-order valence-electron chi connectivity index (χ0n) is 13.2. The van der Waals surface area contributed by atoms with Gasteiger partial charge in [0.2, 0.25) is 0 Å². The molecule has 1 amide bonds. The molecule has 0 atom stereocenters. The van der Waals surface area contributed by atoms with Crippen molar-refractivity contribution < 1.29 is 17.9 Å². The lowest BCUT2D eigenvalue weighted by molar-refractivity contribution is -0.123. The normalized spacial score (nSPS) is 11.1. The highest BCUT2D eigenvalue weighted by Crippen LogP contribution is 2.21. The number of hydrazine groups is 1. The fraction of sp³-hybridized carbons (Fsp3) is 0.188. The van der Waals surface area contributed by atoms with Gasteiger partial charge in [-0.15, -0.1) is 4.83 Å². The first-order chi connectivity index (χ1) is 11.3. The molecule has 0 aromatic heterocycles. The van der Waals surface area contributed by atoms with Crippen LogP contribution >= 0.6 is 15.9 Å². The van der Waals surface area contributed by atoms with Gasteiger partial charge in [0.15, 0.2) is 6.61 Å². The zero-order valence-corrected chi connectivity index (χ0v) is 15.6. The monoisotopic (exact) mass is 412 g/mol. The molecule has 2 aromatic carbocycles. The Bertz CT molecular complexity index is 836. The molecule has 0 aliphatic heterocycles. The molecule has 0 saturated heterocycles. The summed E-state index contributed by atoms with van der Waals surface area (Å²) in [5.41, 5.74) is 3.93. The van der Waals surface area contributed by atoms with Crippen molar-refractivity contribution >= 4 is 31.9 Å². The minimum Gasteiger partial charge on any atom is -0.483 e.